The summed E-state index contributed by atoms with van der Waals surface area (Å²) in [5, 5.41) is 3.63. The Morgan fingerprint density at radius 3 is 2.50 bits per heavy atom. The fourth-order valence-electron chi connectivity index (χ4n) is 2.67. The molecule has 3 unspecified atom stereocenters. The number of terminal acetylenes is 1. The standard InChI is InChI=1S/C15H27N/c1-6-7-13-10-12(2)8-9-14(13)11-16-15(3,4)5/h1,12-14,16H,7-11H2,2-5H3. The first kappa shape index (κ1) is 13.6. The molecule has 1 aliphatic rings. The van der Waals surface area contributed by atoms with E-state index in [-0.39, 0.29) is 5.54 Å². The Bertz CT molecular complexity index is 243. The largest absolute Gasteiger partial charge is 0.312 e. The van der Waals surface area contributed by atoms with Crippen LogP contribution in [-0.2, 0) is 0 Å². The first-order chi connectivity index (χ1) is 7.42. The van der Waals surface area contributed by atoms with Crippen LogP contribution in [-0.4, -0.2) is 12.1 Å². The zero-order valence-corrected chi connectivity index (χ0v) is 11.3. The molecule has 0 aromatic heterocycles. The number of hydrogen-bond acceptors (Lipinski definition) is 1. The van der Waals surface area contributed by atoms with Crippen LogP contribution in [0, 0.1) is 30.1 Å². The summed E-state index contributed by atoms with van der Waals surface area (Å²) in [6.07, 6.45) is 10.5. The lowest BCUT2D eigenvalue weighted by molar-refractivity contribution is 0.178. The predicted molar refractivity (Wildman–Crippen MR) is 71.2 cm³/mol. The van der Waals surface area contributed by atoms with Crippen LogP contribution >= 0.6 is 0 Å². The Morgan fingerprint density at radius 1 is 1.25 bits per heavy atom. The molecule has 1 nitrogen and oxygen atoms in total. The second-order valence-electron chi connectivity index (χ2n) is 6.48. The molecule has 0 heterocycles. The zero-order valence-electron chi connectivity index (χ0n) is 11.3. The summed E-state index contributed by atoms with van der Waals surface area (Å²) in [7, 11) is 0. The van der Waals surface area contributed by atoms with Gasteiger partial charge in [0.2, 0.25) is 0 Å². The molecular weight excluding hydrogens is 194 g/mol. The van der Waals surface area contributed by atoms with Crippen LogP contribution in [0.15, 0.2) is 0 Å². The number of rotatable bonds is 3. The van der Waals surface area contributed by atoms with Gasteiger partial charge in [-0.15, -0.1) is 12.3 Å². The lowest BCUT2D eigenvalue weighted by atomic mass is 9.73. The molecule has 0 aromatic carbocycles. The Balaban J connectivity index is 2.46. The smallest absolute Gasteiger partial charge is 0.0118 e. The topological polar surface area (TPSA) is 12.0 Å². The van der Waals surface area contributed by atoms with Crippen LogP contribution < -0.4 is 5.32 Å². The van der Waals surface area contributed by atoms with Crippen molar-refractivity contribution in [2.75, 3.05) is 6.54 Å². The maximum Gasteiger partial charge on any atom is 0.0118 e. The van der Waals surface area contributed by atoms with Crippen molar-refractivity contribution >= 4 is 0 Å². The first-order valence-electron chi connectivity index (χ1n) is 6.61. The monoisotopic (exact) mass is 221 g/mol. The van der Waals surface area contributed by atoms with Gasteiger partial charge >= 0.3 is 0 Å². The van der Waals surface area contributed by atoms with Crippen molar-refractivity contribution < 1.29 is 0 Å². The summed E-state index contributed by atoms with van der Waals surface area (Å²) in [5.74, 6) is 5.25. The van der Waals surface area contributed by atoms with Crippen molar-refractivity contribution in [3.63, 3.8) is 0 Å². The molecule has 0 aliphatic heterocycles. The van der Waals surface area contributed by atoms with E-state index in [1.54, 1.807) is 0 Å². The van der Waals surface area contributed by atoms with Gasteiger partial charge in [0.1, 0.15) is 0 Å². The van der Waals surface area contributed by atoms with Gasteiger partial charge in [0.15, 0.2) is 0 Å². The SMILES string of the molecule is C#CCC1CC(C)CCC1CNC(C)(C)C. The van der Waals surface area contributed by atoms with Gasteiger partial charge in [0.25, 0.3) is 0 Å². The van der Waals surface area contributed by atoms with Crippen LogP contribution in [0.25, 0.3) is 0 Å². The van der Waals surface area contributed by atoms with Gasteiger partial charge in [-0.3, -0.25) is 0 Å². The quantitative estimate of drug-likeness (QED) is 0.720. The van der Waals surface area contributed by atoms with Gasteiger partial charge in [-0.1, -0.05) is 13.3 Å². The summed E-state index contributed by atoms with van der Waals surface area (Å²) >= 11 is 0. The van der Waals surface area contributed by atoms with E-state index in [9.17, 15) is 0 Å². The molecule has 0 saturated heterocycles. The van der Waals surface area contributed by atoms with Crippen molar-refractivity contribution in [3.05, 3.63) is 0 Å². The summed E-state index contributed by atoms with van der Waals surface area (Å²) in [5.41, 5.74) is 0.226. The minimum atomic E-state index is 0.226. The highest BCUT2D eigenvalue weighted by atomic mass is 14.9. The average Bonchev–Trinajstić information content (AvgIpc) is 2.15. The molecule has 3 atom stereocenters. The molecule has 1 heteroatoms. The first-order valence-corrected chi connectivity index (χ1v) is 6.61. The molecule has 1 N–H and O–H groups in total. The predicted octanol–water partition coefficient (Wildman–Crippen LogP) is 3.45. The molecule has 92 valence electrons. The lowest BCUT2D eigenvalue weighted by Crippen LogP contribution is -2.42. The van der Waals surface area contributed by atoms with E-state index in [0.717, 1.165) is 30.7 Å². The van der Waals surface area contributed by atoms with Crippen molar-refractivity contribution in [3.8, 4) is 12.3 Å². The maximum absolute atomic E-state index is 5.48. The third kappa shape index (κ3) is 4.58. The Labute approximate surface area is 101 Å². The summed E-state index contributed by atoms with van der Waals surface area (Å²) in [4.78, 5) is 0. The van der Waals surface area contributed by atoms with Crippen LogP contribution in [0.3, 0.4) is 0 Å². The summed E-state index contributed by atoms with van der Waals surface area (Å²) in [6.45, 7) is 10.2. The molecule has 0 spiro atoms. The minimum absolute atomic E-state index is 0.226. The normalized spacial score (nSPS) is 31.1. The highest BCUT2D eigenvalue weighted by Crippen LogP contribution is 2.35. The van der Waals surface area contributed by atoms with E-state index in [4.69, 9.17) is 6.42 Å². The van der Waals surface area contributed by atoms with Crippen LogP contribution in [0.2, 0.25) is 0 Å². The van der Waals surface area contributed by atoms with Crippen LogP contribution in [0.5, 0.6) is 0 Å². The second-order valence-corrected chi connectivity index (χ2v) is 6.48. The van der Waals surface area contributed by atoms with Crippen LogP contribution in [0.1, 0.15) is 53.4 Å². The van der Waals surface area contributed by atoms with E-state index < -0.39 is 0 Å². The Hall–Kier alpha value is -0.480. The molecule has 0 aromatic rings. The minimum Gasteiger partial charge on any atom is -0.312 e. The van der Waals surface area contributed by atoms with Crippen molar-refractivity contribution in [2.24, 2.45) is 17.8 Å². The van der Waals surface area contributed by atoms with E-state index in [1.165, 1.54) is 19.3 Å². The van der Waals surface area contributed by atoms with E-state index >= 15 is 0 Å². The fourth-order valence-corrected chi connectivity index (χ4v) is 2.67. The highest BCUT2D eigenvalue weighted by molar-refractivity contribution is 4.92. The molecule has 0 radical (unpaired) electrons. The molecule has 0 bridgehead atoms. The van der Waals surface area contributed by atoms with E-state index in [0.29, 0.717) is 0 Å². The Kier molecular flexibility index (Phi) is 4.87. The second kappa shape index (κ2) is 5.73. The van der Waals surface area contributed by atoms with Crippen molar-refractivity contribution in [1.29, 1.82) is 0 Å². The van der Waals surface area contributed by atoms with Gasteiger partial charge < -0.3 is 5.32 Å². The maximum atomic E-state index is 5.48. The lowest BCUT2D eigenvalue weighted by Gasteiger charge is -2.36. The van der Waals surface area contributed by atoms with Gasteiger partial charge in [-0.05, 0) is 57.9 Å². The van der Waals surface area contributed by atoms with Gasteiger partial charge in [0, 0.05) is 12.0 Å². The summed E-state index contributed by atoms with van der Waals surface area (Å²) < 4.78 is 0. The van der Waals surface area contributed by atoms with Gasteiger partial charge in [-0.25, -0.2) is 0 Å². The highest BCUT2D eigenvalue weighted by Gasteiger charge is 2.28. The molecule has 16 heavy (non-hydrogen) atoms. The molecule has 1 saturated carbocycles. The molecule has 0 amide bonds. The molecular formula is C15H27N. The third-order valence-corrected chi connectivity index (χ3v) is 3.68. The van der Waals surface area contributed by atoms with Crippen LogP contribution in [0.4, 0.5) is 0 Å². The fraction of sp³-hybridized carbons (Fsp3) is 0.867. The average molecular weight is 221 g/mol. The molecule has 1 rings (SSSR count). The zero-order chi connectivity index (χ0) is 12.2. The van der Waals surface area contributed by atoms with E-state index in [2.05, 4.69) is 38.9 Å². The Morgan fingerprint density at radius 2 is 1.94 bits per heavy atom. The third-order valence-electron chi connectivity index (χ3n) is 3.68. The summed E-state index contributed by atoms with van der Waals surface area (Å²) in [6, 6.07) is 0. The number of hydrogen-bond donors (Lipinski definition) is 1. The van der Waals surface area contributed by atoms with Gasteiger partial charge in [-0.2, -0.15) is 0 Å². The van der Waals surface area contributed by atoms with Crippen molar-refractivity contribution in [1.82, 2.24) is 5.32 Å². The molecule has 1 fully saturated rings. The van der Waals surface area contributed by atoms with Crippen molar-refractivity contribution in [2.45, 2.75) is 58.9 Å². The van der Waals surface area contributed by atoms with Gasteiger partial charge in [0.05, 0.1) is 0 Å². The molecule has 1 aliphatic carbocycles. The number of nitrogens with one attached hydrogen (secondary N) is 1. The van der Waals surface area contributed by atoms with E-state index in [1.807, 2.05) is 0 Å².